The summed E-state index contributed by atoms with van der Waals surface area (Å²) in [6, 6.07) is 0. The smallest absolute Gasteiger partial charge is 0.0178 e. The molecular formula is C12H22. The van der Waals surface area contributed by atoms with E-state index in [1.54, 1.807) is 0 Å². The minimum Gasteiger partial charge on any atom is -0.0999 e. The molecule has 1 fully saturated rings. The molecule has 1 aliphatic carbocycles. The first-order valence-corrected chi connectivity index (χ1v) is 5.32. The maximum absolute atomic E-state index is 4.11. The van der Waals surface area contributed by atoms with Gasteiger partial charge in [-0.2, -0.15) is 0 Å². The van der Waals surface area contributed by atoms with Gasteiger partial charge in [0.05, 0.1) is 0 Å². The highest BCUT2D eigenvalue weighted by Gasteiger charge is 2.29. The van der Waals surface area contributed by atoms with E-state index in [1.807, 2.05) is 0 Å². The molecule has 0 heterocycles. The average molecular weight is 166 g/mol. The predicted octanol–water partition coefficient (Wildman–Crippen LogP) is 4.02. The van der Waals surface area contributed by atoms with Crippen LogP contribution in [0.4, 0.5) is 0 Å². The Bertz CT molecular complexity index is 157. The molecule has 0 spiro atoms. The van der Waals surface area contributed by atoms with E-state index in [9.17, 15) is 0 Å². The largest absolute Gasteiger partial charge is 0.0999 e. The van der Waals surface area contributed by atoms with Crippen molar-refractivity contribution in [1.82, 2.24) is 0 Å². The molecule has 12 heavy (non-hydrogen) atoms. The van der Waals surface area contributed by atoms with Crippen molar-refractivity contribution in [2.45, 2.75) is 46.5 Å². The van der Waals surface area contributed by atoms with Crippen LogP contribution in [0.15, 0.2) is 12.2 Å². The van der Waals surface area contributed by atoms with E-state index in [0.717, 1.165) is 17.8 Å². The van der Waals surface area contributed by atoms with Crippen LogP contribution in [0.3, 0.4) is 0 Å². The first-order valence-electron chi connectivity index (χ1n) is 5.32. The van der Waals surface area contributed by atoms with Crippen LogP contribution in [0.5, 0.6) is 0 Å². The monoisotopic (exact) mass is 166 g/mol. The highest BCUT2D eigenvalue weighted by atomic mass is 14.3. The molecule has 0 aliphatic heterocycles. The molecule has 0 aromatic rings. The summed E-state index contributed by atoms with van der Waals surface area (Å²) in [7, 11) is 0. The molecule has 3 unspecified atom stereocenters. The van der Waals surface area contributed by atoms with E-state index in [4.69, 9.17) is 0 Å². The van der Waals surface area contributed by atoms with Crippen molar-refractivity contribution >= 4 is 0 Å². The minimum absolute atomic E-state index is 0.818. The second-order valence-corrected chi connectivity index (χ2v) is 4.43. The molecule has 0 amide bonds. The lowest BCUT2D eigenvalue weighted by Crippen LogP contribution is -2.26. The second-order valence-electron chi connectivity index (χ2n) is 4.43. The summed E-state index contributed by atoms with van der Waals surface area (Å²) in [5, 5.41) is 0. The minimum atomic E-state index is 0.818. The van der Waals surface area contributed by atoms with E-state index < -0.39 is 0 Å². The highest BCUT2D eigenvalue weighted by molar-refractivity contribution is 5.01. The summed E-state index contributed by atoms with van der Waals surface area (Å²) in [5.74, 6) is 2.65. The molecule has 3 atom stereocenters. The van der Waals surface area contributed by atoms with E-state index in [-0.39, 0.29) is 0 Å². The van der Waals surface area contributed by atoms with Gasteiger partial charge in [-0.05, 0) is 31.1 Å². The van der Waals surface area contributed by atoms with Gasteiger partial charge in [-0.25, -0.2) is 0 Å². The van der Waals surface area contributed by atoms with Gasteiger partial charge in [-0.3, -0.25) is 0 Å². The highest BCUT2D eigenvalue weighted by Crippen LogP contribution is 2.39. The summed E-state index contributed by atoms with van der Waals surface area (Å²) < 4.78 is 0. The van der Waals surface area contributed by atoms with Gasteiger partial charge in [-0.1, -0.05) is 45.3 Å². The van der Waals surface area contributed by atoms with E-state index in [0.29, 0.717) is 0 Å². The predicted molar refractivity (Wildman–Crippen MR) is 55.1 cm³/mol. The van der Waals surface area contributed by atoms with E-state index in [1.165, 1.54) is 31.3 Å². The van der Waals surface area contributed by atoms with Gasteiger partial charge in [0, 0.05) is 0 Å². The van der Waals surface area contributed by atoms with Crippen molar-refractivity contribution in [2.24, 2.45) is 17.8 Å². The van der Waals surface area contributed by atoms with E-state index >= 15 is 0 Å². The van der Waals surface area contributed by atoms with Gasteiger partial charge in [0.25, 0.3) is 0 Å². The molecule has 0 heteroatoms. The average Bonchev–Trinajstić information content (AvgIpc) is 2.03. The third-order valence-corrected chi connectivity index (χ3v) is 3.53. The Balaban J connectivity index is 2.64. The fourth-order valence-electron chi connectivity index (χ4n) is 2.78. The van der Waals surface area contributed by atoms with Gasteiger partial charge in [0.1, 0.15) is 0 Å². The SMILES string of the molecule is C=C(C)C1CCCC(C)C1CC. The summed E-state index contributed by atoms with van der Waals surface area (Å²) >= 11 is 0. The lowest BCUT2D eigenvalue weighted by Gasteiger charge is -2.36. The lowest BCUT2D eigenvalue weighted by atomic mass is 9.69. The second kappa shape index (κ2) is 4.11. The first kappa shape index (κ1) is 9.83. The molecular weight excluding hydrogens is 144 g/mol. The molecule has 0 nitrogen and oxygen atoms in total. The number of rotatable bonds is 2. The molecule has 0 aromatic heterocycles. The summed E-state index contributed by atoms with van der Waals surface area (Å²) in [6.07, 6.45) is 5.56. The van der Waals surface area contributed by atoms with Crippen LogP contribution >= 0.6 is 0 Å². The van der Waals surface area contributed by atoms with Crippen molar-refractivity contribution in [3.8, 4) is 0 Å². The van der Waals surface area contributed by atoms with Crippen LogP contribution in [-0.4, -0.2) is 0 Å². The van der Waals surface area contributed by atoms with Gasteiger partial charge in [0.2, 0.25) is 0 Å². The van der Waals surface area contributed by atoms with Crippen LogP contribution in [0.25, 0.3) is 0 Å². The topological polar surface area (TPSA) is 0 Å². The standard InChI is InChI=1S/C12H22/c1-5-11-10(4)7-6-8-12(11)9(2)3/h10-12H,2,5-8H2,1,3-4H3. The molecule has 70 valence electrons. The Kier molecular flexibility index (Phi) is 3.37. The van der Waals surface area contributed by atoms with Crippen LogP contribution in [-0.2, 0) is 0 Å². The fourth-order valence-corrected chi connectivity index (χ4v) is 2.78. The van der Waals surface area contributed by atoms with Crippen molar-refractivity contribution < 1.29 is 0 Å². The molecule has 0 N–H and O–H groups in total. The van der Waals surface area contributed by atoms with Crippen LogP contribution < -0.4 is 0 Å². The normalized spacial score (nSPS) is 36.4. The number of allylic oxidation sites excluding steroid dienone is 1. The summed E-state index contributed by atoms with van der Waals surface area (Å²) in [4.78, 5) is 0. The van der Waals surface area contributed by atoms with Gasteiger partial charge in [-0.15, -0.1) is 0 Å². The zero-order valence-electron chi connectivity index (χ0n) is 8.77. The van der Waals surface area contributed by atoms with Gasteiger partial charge < -0.3 is 0 Å². The number of hydrogen-bond acceptors (Lipinski definition) is 0. The van der Waals surface area contributed by atoms with Crippen LogP contribution in [0.2, 0.25) is 0 Å². The van der Waals surface area contributed by atoms with Gasteiger partial charge in [0.15, 0.2) is 0 Å². The Morgan fingerprint density at radius 3 is 2.50 bits per heavy atom. The third kappa shape index (κ3) is 1.91. The third-order valence-electron chi connectivity index (χ3n) is 3.53. The molecule has 0 aromatic carbocycles. The zero-order valence-corrected chi connectivity index (χ0v) is 8.77. The van der Waals surface area contributed by atoms with Crippen LogP contribution in [0, 0.1) is 17.8 Å². The number of hydrogen-bond donors (Lipinski definition) is 0. The lowest BCUT2D eigenvalue weighted by molar-refractivity contribution is 0.186. The van der Waals surface area contributed by atoms with Crippen molar-refractivity contribution in [3.05, 3.63) is 12.2 Å². The summed E-state index contributed by atoms with van der Waals surface area (Å²) in [5.41, 5.74) is 1.41. The van der Waals surface area contributed by atoms with Crippen LogP contribution in [0.1, 0.15) is 46.5 Å². The Morgan fingerprint density at radius 2 is 2.08 bits per heavy atom. The summed E-state index contributed by atoms with van der Waals surface area (Å²) in [6.45, 7) is 11.0. The Labute approximate surface area is 77.1 Å². The molecule has 1 saturated carbocycles. The first-order chi connectivity index (χ1) is 5.66. The molecule has 0 saturated heterocycles. The molecule has 0 radical (unpaired) electrons. The van der Waals surface area contributed by atoms with E-state index in [2.05, 4.69) is 27.4 Å². The van der Waals surface area contributed by atoms with Crippen molar-refractivity contribution in [1.29, 1.82) is 0 Å². The Morgan fingerprint density at radius 1 is 1.42 bits per heavy atom. The molecule has 1 rings (SSSR count). The molecule has 0 bridgehead atoms. The maximum atomic E-state index is 4.11. The maximum Gasteiger partial charge on any atom is -0.0178 e. The van der Waals surface area contributed by atoms with Crippen molar-refractivity contribution in [2.75, 3.05) is 0 Å². The quantitative estimate of drug-likeness (QED) is 0.543. The molecule has 1 aliphatic rings. The van der Waals surface area contributed by atoms with Gasteiger partial charge >= 0.3 is 0 Å². The Hall–Kier alpha value is -0.260. The fraction of sp³-hybridized carbons (Fsp3) is 0.833. The zero-order chi connectivity index (χ0) is 9.14. The van der Waals surface area contributed by atoms with Crippen molar-refractivity contribution in [3.63, 3.8) is 0 Å².